The molecule has 0 spiro atoms. The molecule has 1 N–H and O–H groups in total. The van der Waals surface area contributed by atoms with E-state index in [0.717, 1.165) is 48.3 Å². The monoisotopic (exact) mass is 493 g/mol. The number of hydrogen-bond acceptors (Lipinski definition) is 7. The van der Waals surface area contributed by atoms with E-state index >= 15 is 0 Å². The van der Waals surface area contributed by atoms with Crippen molar-refractivity contribution in [1.29, 1.82) is 0 Å². The van der Waals surface area contributed by atoms with E-state index in [2.05, 4.69) is 20.0 Å². The molecule has 0 unspecified atom stereocenters. The third kappa shape index (κ3) is 4.78. The normalized spacial score (nSPS) is 12.0. The van der Waals surface area contributed by atoms with Gasteiger partial charge in [-0.25, -0.2) is 8.42 Å². The number of aromatic nitrogens is 4. The van der Waals surface area contributed by atoms with Gasteiger partial charge in [-0.05, 0) is 24.3 Å². The summed E-state index contributed by atoms with van der Waals surface area (Å²) in [6.45, 7) is 0. The van der Waals surface area contributed by atoms with Crippen molar-refractivity contribution in [1.82, 2.24) is 18.8 Å². The van der Waals surface area contributed by atoms with Crippen molar-refractivity contribution in [2.45, 2.75) is 6.18 Å². The second kappa shape index (κ2) is 8.41. The highest BCUT2D eigenvalue weighted by atomic mass is 32.2. The molecule has 13 heteroatoms. The maximum atomic E-state index is 13.6. The molecule has 1 amide bonds. The Morgan fingerprint density at radius 1 is 1.09 bits per heavy atom. The third-order valence-electron chi connectivity index (χ3n) is 4.53. The molecule has 0 aliphatic heterocycles. The minimum absolute atomic E-state index is 0.0840. The van der Waals surface area contributed by atoms with E-state index in [1.165, 1.54) is 0 Å². The summed E-state index contributed by atoms with van der Waals surface area (Å²) in [5.74, 6) is -0.684. The van der Waals surface area contributed by atoms with Crippen molar-refractivity contribution in [3.8, 4) is 22.5 Å². The average Bonchev–Trinajstić information content (AvgIpc) is 3.43. The second-order valence-electron chi connectivity index (χ2n) is 6.87. The summed E-state index contributed by atoms with van der Waals surface area (Å²) in [5.41, 5.74) is -0.675. The van der Waals surface area contributed by atoms with Crippen LogP contribution in [0.5, 0.6) is 0 Å². The molecular weight excluding hydrogens is 479 g/mol. The van der Waals surface area contributed by atoms with Crippen LogP contribution in [0, 0.1) is 0 Å². The largest absolute Gasteiger partial charge is 0.417 e. The predicted molar refractivity (Wildman–Crippen MR) is 116 cm³/mol. The van der Waals surface area contributed by atoms with Gasteiger partial charge >= 0.3 is 6.18 Å². The maximum Gasteiger partial charge on any atom is 0.417 e. The summed E-state index contributed by atoms with van der Waals surface area (Å²) in [7, 11) is -3.80. The molecule has 0 aliphatic carbocycles. The first-order chi connectivity index (χ1) is 15.5. The Kier molecular flexibility index (Phi) is 5.76. The lowest BCUT2D eigenvalue weighted by Crippen LogP contribution is -2.14. The molecule has 170 valence electrons. The highest BCUT2D eigenvalue weighted by Gasteiger charge is 2.35. The van der Waals surface area contributed by atoms with E-state index in [1.54, 1.807) is 24.3 Å². The predicted octanol–water partition coefficient (Wildman–Crippen LogP) is 4.15. The number of halogens is 3. The number of carbonyl (C=O) groups is 1. The SMILES string of the molecule is CS(=O)(=O)n1ccc(-c2cc(C(=O)Nc3snnc3-c3ccccc3)ccc2C(F)(F)F)n1. The lowest BCUT2D eigenvalue weighted by atomic mass is 10.0. The maximum absolute atomic E-state index is 13.6. The van der Waals surface area contributed by atoms with Gasteiger partial charge in [0.15, 0.2) is 0 Å². The molecule has 2 heterocycles. The number of anilines is 1. The summed E-state index contributed by atoms with van der Waals surface area (Å²) in [6, 6.07) is 12.9. The standard InChI is InChI=1S/C20H14F3N5O3S2/c1-33(30,31)28-10-9-16(26-28)14-11-13(7-8-15(14)20(21,22)23)18(29)24-19-17(25-27-32-19)12-5-3-2-4-6-12/h2-11H,1H3,(H,24,29). The Hall–Kier alpha value is -3.58. The summed E-state index contributed by atoms with van der Waals surface area (Å²) in [6.07, 6.45) is -2.85. The fraction of sp³-hybridized carbons (Fsp3) is 0.100. The van der Waals surface area contributed by atoms with Gasteiger partial charge < -0.3 is 5.32 Å². The van der Waals surface area contributed by atoms with Gasteiger partial charge in [-0.2, -0.15) is 22.4 Å². The number of nitrogens with one attached hydrogen (secondary N) is 1. The minimum Gasteiger partial charge on any atom is -0.310 e. The van der Waals surface area contributed by atoms with Gasteiger partial charge in [0, 0.05) is 34.4 Å². The minimum atomic E-state index is -4.75. The van der Waals surface area contributed by atoms with Crippen LogP contribution in [0.4, 0.5) is 18.2 Å². The number of carbonyl (C=O) groups excluding carboxylic acids is 1. The quantitative estimate of drug-likeness (QED) is 0.448. The number of hydrogen-bond donors (Lipinski definition) is 1. The fourth-order valence-corrected chi connectivity index (χ4v) is 4.12. The van der Waals surface area contributed by atoms with Crippen molar-refractivity contribution in [3.63, 3.8) is 0 Å². The van der Waals surface area contributed by atoms with E-state index in [1.807, 2.05) is 6.07 Å². The van der Waals surface area contributed by atoms with Gasteiger partial charge in [0.05, 0.1) is 17.5 Å². The van der Waals surface area contributed by atoms with Gasteiger partial charge in [-0.3, -0.25) is 4.79 Å². The van der Waals surface area contributed by atoms with Gasteiger partial charge in [-0.1, -0.05) is 34.8 Å². The number of benzene rings is 2. The molecule has 0 bridgehead atoms. The molecule has 0 aliphatic rings. The van der Waals surface area contributed by atoms with Gasteiger partial charge in [0.25, 0.3) is 15.9 Å². The molecule has 0 radical (unpaired) electrons. The van der Waals surface area contributed by atoms with Crippen LogP contribution in [-0.4, -0.2) is 39.4 Å². The van der Waals surface area contributed by atoms with Crippen LogP contribution >= 0.6 is 11.5 Å². The van der Waals surface area contributed by atoms with Crippen LogP contribution in [0.25, 0.3) is 22.5 Å². The molecule has 33 heavy (non-hydrogen) atoms. The number of nitrogens with zero attached hydrogens (tertiary/aromatic N) is 4. The number of alkyl halides is 3. The summed E-state index contributed by atoms with van der Waals surface area (Å²) >= 11 is 0.926. The van der Waals surface area contributed by atoms with Crippen LogP contribution in [0.15, 0.2) is 60.8 Å². The first-order valence-corrected chi connectivity index (χ1v) is 11.8. The Morgan fingerprint density at radius 2 is 1.82 bits per heavy atom. The van der Waals surface area contributed by atoms with Crippen molar-refractivity contribution < 1.29 is 26.4 Å². The van der Waals surface area contributed by atoms with Crippen molar-refractivity contribution in [3.05, 3.63) is 71.9 Å². The number of amides is 1. The summed E-state index contributed by atoms with van der Waals surface area (Å²) in [5, 5.41) is 10.7. The lowest BCUT2D eigenvalue weighted by Gasteiger charge is -2.13. The van der Waals surface area contributed by atoms with E-state index < -0.39 is 33.2 Å². The molecule has 0 saturated carbocycles. The van der Waals surface area contributed by atoms with Crippen LogP contribution in [0.2, 0.25) is 0 Å². The molecule has 0 fully saturated rings. The fourth-order valence-electron chi connectivity index (χ4n) is 3.01. The van der Waals surface area contributed by atoms with Crippen molar-refractivity contribution >= 4 is 32.5 Å². The highest BCUT2D eigenvalue weighted by Crippen LogP contribution is 2.37. The zero-order valence-electron chi connectivity index (χ0n) is 16.7. The van der Waals surface area contributed by atoms with Crippen LogP contribution < -0.4 is 5.32 Å². The summed E-state index contributed by atoms with van der Waals surface area (Å²) in [4.78, 5) is 12.8. The van der Waals surface area contributed by atoms with Crippen LogP contribution in [0.3, 0.4) is 0 Å². The molecule has 8 nitrogen and oxygen atoms in total. The van der Waals surface area contributed by atoms with E-state index in [-0.39, 0.29) is 11.3 Å². The molecule has 2 aromatic carbocycles. The zero-order chi connectivity index (χ0) is 23.8. The first-order valence-electron chi connectivity index (χ1n) is 9.21. The second-order valence-corrected chi connectivity index (χ2v) is 9.46. The van der Waals surface area contributed by atoms with E-state index in [4.69, 9.17) is 0 Å². The Bertz CT molecular complexity index is 1430. The molecule has 2 aromatic heterocycles. The van der Waals surface area contributed by atoms with E-state index in [9.17, 15) is 26.4 Å². The lowest BCUT2D eigenvalue weighted by molar-refractivity contribution is -0.137. The third-order valence-corrected chi connectivity index (χ3v) is 6.06. The topological polar surface area (TPSA) is 107 Å². The van der Waals surface area contributed by atoms with Crippen LogP contribution in [-0.2, 0) is 16.2 Å². The van der Waals surface area contributed by atoms with Gasteiger partial charge in [-0.15, -0.1) is 5.10 Å². The van der Waals surface area contributed by atoms with E-state index in [0.29, 0.717) is 20.3 Å². The van der Waals surface area contributed by atoms with Crippen molar-refractivity contribution in [2.24, 2.45) is 0 Å². The highest BCUT2D eigenvalue weighted by molar-refractivity contribution is 7.89. The van der Waals surface area contributed by atoms with Crippen molar-refractivity contribution in [2.75, 3.05) is 11.6 Å². The molecule has 0 atom stereocenters. The van der Waals surface area contributed by atoms with Gasteiger partial charge in [0.1, 0.15) is 10.7 Å². The molecule has 0 saturated heterocycles. The molecule has 4 rings (SSSR count). The van der Waals surface area contributed by atoms with Crippen LogP contribution in [0.1, 0.15) is 15.9 Å². The first kappa shape index (κ1) is 22.6. The number of rotatable bonds is 5. The smallest absolute Gasteiger partial charge is 0.310 e. The Labute approximate surface area is 189 Å². The van der Waals surface area contributed by atoms with Gasteiger partial charge in [0.2, 0.25) is 0 Å². The summed E-state index contributed by atoms with van der Waals surface area (Å²) < 4.78 is 68.5. The Balaban J connectivity index is 1.71. The Morgan fingerprint density at radius 3 is 2.45 bits per heavy atom. The zero-order valence-corrected chi connectivity index (χ0v) is 18.4. The molecular formula is C20H14F3N5O3S2. The average molecular weight is 493 g/mol. The molecule has 4 aromatic rings.